The first-order valence-corrected chi connectivity index (χ1v) is 14.2. The van der Waals surface area contributed by atoms with Gasteiger partial charge in [0, 0.05) is 48.4 Å². The van der Waals surface area contributed by atoms with Gasteiger partial charge < -0.3 is 9.64 Å². The quantitative estimate of drug-likeness (QED) is 0.354. The number of fused-ring (bicyclic) bond motifs is 2. The average Bonchev–Trinajstić information content (AvgIpc) is 3.77. The molecule has 6 heteroatoms. The van der Waals surface area contributed by atoms with Gasteiger partial charge in [0.25, 0.3) is 5.91 Å². The number of aromatic nitrogens is 1. The van der Waals surface area contributed by atoms with Crippen molar-refractivity contribution in [3.05, 3.63) is 95.1 Å². The minimum atomic E-state index is -0.193. The number of aryl methyl sites for hydroxylation is 1. The van der Waals surface area contributed by atoms with E-state index in [4.69, 9.17) is 4.74 Å². The lowest BCUT2D eigenvalue weighted by Crippen LogP contribution is -2.28. The van der Waals surface area contributed by atoms with Crippen molar-refractivity contribution in [3.63, 3.8) is 0 Å². The summed E-state index contributed by atoms with van der Waals surface area (Å²) in [4.78, 5) is 31.9. The highest BCUT2D eigenvalue weighted by molar-refractivity contribution is 5.99. The van der Waals surface area contributed by atoms with E-state index in [9.17, 15) is 9.59 Å². The number of amides is 1. The molecule has 1 aliphatic heterocycles. The largest absolute Gasteiger partial charge is 0.441 e. The number of hydrogen-bond acceptors (Lipinski definition) is 5. The molecule has 0 radical (unpaired) electrons. The number of nitrogens with zero attached hydrogens (tertiary/aromatic N) is 2. The number of nitrogens with one attached hydrogen (secondary N) is 1. The van der Waals surface area contributed by atoms with E-state index in [-0.39, 0.29) is 11.7 Å². The highest BCUT2D eigenvalue weighted by Crippen LogP contribution is 2.37. The molecule has 1 amide bonds. The first-order valence-electron chi connectivity index (χ1n) is 14.2. The summed E-state index contributed by atoms with van der Waals surface area (Å²) in [5.41, 5.74) is 5.61. The van der Waals surface area contributed by atoms with Crippen molar-refractivity contribution in [1.82, 2.24) is 10.3 Å². The van der Waals surface area contributed by atoms with Crippen LogP contribution in [0.4, 0.5) is 11.4 Å². The van der Waals surface area contributed by atoms with Gasteiger partial charge in [0.1, 0.15) is 5.75 Å². The number of allylic oxidation sites excluding steroid dienone is 1. The van der Waals surface area contributed by atoms with Crippen LogP contribution in [0.5, 0.6) is 5.75 Å². The van der Waals surface area contributed by atoms with E-state index < -0.39 is 0 Å². The van der Waals surface area contributed by atoms with E-state index in [1.54, 1.807) is 18.5 Å². The zero-order valence-electron chi connectivity index (χ0n) is 22.5. The van der Waals surface area contributed by atoms with E-state index in [2.05, 4.69) is 27.3 Å². The molecule has 0 spiro atoms. The molecular formula is C33H35N3O3. The fourth-order valence-electron chi connectivity index (χ4n) is 5.79. The predicted molar refractivity (Wildman–Crippen MR) is 152 cm³/mol. The molecule has 1 N–H and O–H groups in total. The van der Waals surface area contributed by atoms with Crippen LogP contribution in [0.15, 0.2) is 72.9 Å². The number of hydrogen-bond donors (Lipinski definition) is 1. The van der Waals surface area contributed by atoms with Crippen molar-refractivity contribution in [2.24, 2.45) is 11.8 Å². The lowest BCUT2D eigenvalue weighted by molar-refractivity contribution is 0.0937. The Kier molecular flexibility index (Phi) is 7.18. The second kappa shape index (κ2) is 11.0. The molecule has 3 aromatic rings. The van der Waals surface area contributed by atoms with Gasteiger partial charge in [-0.25, -0.2) is 0 Å². The SMILES string of the molecule is CN(c1ccc(OC2=CCCc3cnccc3C(=O)N2)cc1)c1ccc2c(c1)C(=O)CC(CCCC1CC1)C2. The molecule has 200 valence electrons. The zero-order valence-corrected chi connectivity index (χ0v) is 22.5. The van der Waals surface area contributed by atoms with Crippen LogP contribution in [0, 0.1) is 11.8 Å². The Morgan fingerprint density at radius 1 is 0.923 bits per heavy atom. The third-order valence-electron chi connectivity index (χ3n) is 8.27. The van der Waals surface area contributed by atoms with Crippen molar-refractivity contribution in [2.75, 3.05) is 11.9 Å². The lowest BCUT2D eigenvalue weighted by Gasteiger charge is -2.26. The molecular weight excluding hydrogens is 486 g/mol. The third kappa shape index (κ3) is 5.90. The summed E-state index contributed by atoms with van der Waals surface area (Å²) < 4.78 is 6.01. The molecule has 2 aromatic carbocycles. The van der Waals surface area contributed by atoms with Crippen LogP contribution in [0.1, 0.15) is 76.8 Å². The fraction of sp³-hybridized carbons (Fsp3) is 0.364. The number of anilines is 2. The maximum absolute atomic E-state index is 13.0. The topological polar surface area (TPSA) is 71.5 Å². The fourth-order valence-corrected chi connectivity index (χ4v) is 5.79. The van der Waals surface area contributed by atoms with E-state index in [0.29, 0.717) is 29.5 Å². The number of rotatable bonds is 8. The number of benzene rings is 2. The highest BCUT2D eigenvalue weighted by atomic mass is 16.5. The number of ether oxygens (including phenoxy) is 1. The molecule has 1 aromatic heterocycles. The van der Waals surface area contributed by atoms with Gasteiger partial charge in [0.05, 0.1) is 0 Å². The molecule has 1 unspecified atom stereocenters. The standard InChI is InChI=1S/C33H35N3O3/c1-36(27-11-10-24-18-23(5-2-4-22-8-9-22)19-31(37)30(24)20-27)26-12-14-28(15-13-26)39-32-7-3-6-25-21-34-17-16-29(25)33(38)35-32/h7,10-17,20-23H,2-6,8-9,18-19H2,1H3,(H,35,38). The maximum atomic E-state index is 13.0. The summed E-state index contributed by atoms with van der Waals surface area (Å²) in [5.74, 6) is 2.61. The molecule has 0 bridgehead atoms. The van der Waals surface area contributed by atoms with Gasteiger partial charge in [-0.05, 0) is 97.2 Å². The smallest absolute Gasteiger partial charge is 0.258 e. The van der Waals surface area contributed by atoms with E-state index in [1.165, 1.54) is 37.7 Å². The van der Waals surface area contributed by atoms with Gasteiger partial charge in [0.15, 0.2) is 11.7 Å². The lowest BCUT2D eigenvalue weighted by atomic mass is 9.80. The third-order valence-corrected chi connectivity index (χ3v) is 8.27. The van der Waals surface area contributed by atoms with Crippen molar-refractivity contribution in [1.29, 1.82) is 0 Å². The van der Waals surface area contributed by atoms with E-state index in [0.717, 1.165) is 47.7 Å². The Morgan fingerprint density at radius 2 is 1.72 bits per heavy atom. The van der Waals surface area contributed by atoms with Gasteiger partial charge in [-0.2, -0.15) is 0 Å². The molecule has 6 nitrogen and oxygen atoms in total. The second-order valence-corrected chi connectivity index (χ2v) is 11.2. The van der Waals surface area contributed by atoms with E-state index >= 15 is 0 Å². The first-order chi connectivity index (χ1) is 19.0. The Morgan fingerprint density at radius 3 is 2.54 bits per heavy atom. The molecule has 0 saturated heterocycles. The maximum Gasteiger partial charge on any atom is 0.258 e. The van der Waals surface area contributed by atoms with Crippen LogP contribution in [-0.2, 0) is 12.8 Å². The van der Waals surface area contributed by atoms with Gasteiger partial charge in [-0.3, -0.25) is 19.9 Å². The monoisotopic (exact) mass is 521 g/mol. The Bertz CT molecular complexity index is 1410. The minimum absolute atomic E-state index is 0.193. The summed E-state index contributed by atoms with van der Waals surface area (Å²) in [6.45, 7) is 0. The Labute approximate surface area is 230 Å². The number of carbonyl (C=O) groups excluding carboxylic acids is 2. The van der Waals surface area contributed by atoms with Gasteiger partial charge in [-0.1, -0.05) is 31.7 Å². The van der Waals surface area contributed by atoms with Crippen molar-refractivity contribution < 1.29 is 14.3 Å². The van der Waals surface area contributed by atoms with E-state index in [1.807, 2.05) is 43.5 Å². The summed E-state index contributed by atoms with van der Waals surface area (Å²) in [6.07, 6.45) is 15.0. The molecule has 1 saturated carbocycles. The molecule has 1 atom stereocenters. The van der Waals surface area contributed by atoms with Crippen LogP contribution in [0.25, 0.3) is 0 Å². The molecule has 3 aliphatic rings. The molecule has 2 aliphatic carbocycles. The predicted octanol–water partition coefficient (Wildman–Crippen LogP) is 6.77. The molecule has 39 heavy (non-hydrogen) atoms. The van der Waals surface area contributed by atoms with Gasteiger partial charge >= 0.3 is 0 Å². The normalized spacial score (nSPS) is 18.7. The van der Waals surface area contributed by atoms with Crippen molar-refractivity contribution in [2.45, 2.75) is 57.8 Å². The van der Waals surface area contributed by atoms with Crippen LogP contribution in [-0.4, -0.2) is 23.7 Å². The average molecular weight is 522 g/mol. The first kappa shape index (κ1) is 25.4. The summed E-state index contributed by atoms with van der Waals surface area (Å²) >= 11 is 0. The van der Waals surface area contributed by atoms with Crippen LogP contribution < -0.4 is 15.0 Å². The van der Waals surface area contributed by atoms with Crippen molar-refractivity contribution >= 4 is 23.1 Å². The molecule has 6 rings (SSSR count). The number of pyridine rings is 1. The van der Waals surface area contributed by atoms with Crippen LogP contribution >= 0.6 is 0 Å². The zero-order chi connectivity index (χ0) is 26.8. The second-order valence-electron chi connectivity index (χ2n) is 11.2. The number of ketones is 1. The van der Waals surface area contributed by atoms with Crippen molar-refractivity contribution in [3.8, 4) is 5.75 Å². The van der Waals surface area contributed by atoms with Gasteiger partial charge in [-0.15, -0.1) is 0 Å². The van der Waals surface area contributed by atoms with Gasteiger partial charge in [0.2, 0.25) is 0 Å². The molecule has 2 heterocycles. The summed E-state index contributed by atoms with van der Waals surface area (Å²) in [6, 6.07) is 15.8. The Balaban J connectivity index is 1.09. The highest BCUT2D eigenvalue weighted by Gasteiger charge is 2.27. The van der Waals surface area contributed by atoms with Crippen LogP contribution in [0.3, 0.4) is 0 Å². The molecule has 1 fully saturated rings. The number of carbonyl (C=O) groups is 2. The minimum Gasteiger partial charge on any atom is -0.441 e. The summed E-state index contributed by atoms with van der Waals surface area (Å²) in [7, 11) is 2.01. The number of Topliss-reactive ketones (excluding diaryl/α,β-unsaturated/α-hetero) is 1. The van der Waals surface area contributed by atoms with Crippen LogP contribution in [0.2, 0.25) is 0 Å². The summed E-state index contributed by atoms with van der Waals surface area (Å²) in [5, 5.41) is 2.87. The Hall–Kier alpha value is -3.93.